The third kappa shape index (κ3) is 3.96. The standard InChI is InChI=1S/C16H18N2OS/c1-12(13-6-4-3-5-7-13)17-16(20)18-14-8-10-15(19-2)11-9-14/h3-12H,1-2H3,(H2,17,18,20)/t12-/m0/s1. The zero-order valence-electron chi connectivity index (χ0n) is 11.6. The van der Waals surface area contributed by atoms with Gasteiger partial charge in [0.1, 0.15) is 5.75 Å². The van der Waals surface area contributed by atoms with E-state index < -0.39 is 0 Å². The summed E-state index contributed by atoms with van der Waals surface area (Å²) in [6, 6.07) is 18.0. The van der Waals surface area contributed by atoms with Crippen LogP contribution in [0.1, 0.15) is 18.5 Å². The van der Waals surface area contributed by atoms with Crippen LogP contribution in [0.4, 0.5) is 5.69 Å². The third-order valence-electron chi connectivity index (χ3n) is 3.00. The molecule has 0 saturated heterocycles. The van der Waals surface area contributed by atoms with Crippen molar-refractivity contribution < 1.29 is 4.74 Å². The van der Waals surface area contributed by atoms with Crippen molar-refractivity contribution in [2.24, 2.45) is 0 Å². The summed E-state index contributed by atoms with van der Waals surface area (Å²) < 4.78 is 5.12. The number of ether oxygens (including phenoxy) is 1. The van der Waals surface area contributed by atoms with E-state index in [4.69, 9.17) is 17.0 Å². The largest absolute Gasteiger partial charge is 0.497 e. The fourth-order valence-corrected chi connectivity index (χ4v) is 2.16. The Labute approximate surface area is 125 Å². The monoisotopic (exact) mass is 286 g/mol. The Morgan fingerprint density at radius 2 is 1.70 bits per heavy atom. The summed E-state index contributed by atoms with van der Waals surface area (Å²) in [5, 5.41) is 7.02. The summed E-state index contributed by atoms with van der Waals surface area (Å²) in [7, 11) is 1.65. The van der Waals surface area contributed by atoms with Gasteiger partial charge in [-0.25, -0.2) is 0 Å². The molecule has 2 rings (SSSR count). The number of hydrogen-bond acceptors (Lipinski definition) is 2. The van der Waals surface area contributed by atoms with Gasteiger partial charge in [0.2, 0.25) is 0 Å². The predicted molar refractivity (Wildman–Crippen MR) is 87.2 cm³/mol. The average molecular weight is 286 g/mol. The van der Waals surface area contributed by atoms with Gasteiger partial charge in [-0.05, 0) is 49.0 Å². The number of hydrogen-bond donors (Lipinski definition) is 2. The van der Waals surface area contributed by atoms with Crippen LogP contribution in [0, 0.1) is 0 Å². The summed E-state index contributed by atoms with van der Waals surface area (Å²) >= 11 is 5.32. The highest BCUT2D eigenvalue weighted by molar-refractivity contribution is 7.80. The fourth-order valence-electron chi connectivity index (χ4n) is 1.86. The van der Waals surface area contributed by atoms with Crippen molar-refractivity contribution in [1.29, 1.82) is 0 Å². The lowest BCUT2D eigenvalue weighted by atomic mass is 10.1. The number of thiocarbonyl (C=S) groups is 1. The number of rotatable bonds is 4. The Balaban J connectivity index is 1.91. The second kappa shape index (κ2) is 6.91. The van der Waals surface area contributed by atoms with E-state index in [0.29, 0.717) is 5.11 Å². The van der Waals surface area contributed by atoms with Crippen LogP contribution < -0.4 is 15.4 Å². The highest BCUT2D eigenvalue weighted by Crippen LogP contribution is 2.16. The molecule has 0 spiro atoms. The Morgan fingerprint density at radius 1 is 1.05 bits per heavy atom. The van der Waals surface area contributed by atoms with E-state index in [9.17, 15) is 0 Å². The van der Waals surface area contributed by atoms with E-state index in [2.05, 4.69) is 29.7 Å². The average Bonchev–Trinajstić information content (AvgIpc) is 2.49. The Kier molecular flexibility index (Phi) is 4.96. The molecule has 2 N–H and O–H groups in total. The topological polar surface area (TPSA) is 33.3 Å². The zero-order valence-corrected chi connectivity index (χ0v) is 12.4. The molecule has 0 unspecified atom stereocenters. The second-order valence-electron chi connectivity index (χ2n) is 4.46. The maximum Gasteiger partial charge on any atom is 0.171 e. The lowest BCUT2D eigenvalue weighted by Crippen LogP contribution is -2.30. The third-order valence-corrected chi connectivity index (χ3v) is 3.21. The van der Waals surface area contributed by atoms with Crippen LogP contribution in [0.3, 0.4) is 0 Å². The molecule has 0 fully saturated rings. The molecule has 104 valence electrons. The van der Waals surface area contributed by atoms with E-state index >= 15 is 0 Å². The van der Waals surface area contributed by atoms with Crippen LogP contribution >= 0.6 is 12.2 Å². The minimum atomic E-state index is 0.162. The number of methoxy groups -OCH3 is 1. The molecule has 20 heavy (non-hydrogen) atoms. The normalized spacial score (nSPS) is 11.5. The van der Waals surface area contributed by atoms with Crippen molar-refractivity contribution >= 4 is 23.0 Å². The van der Waals surface area contributed by atoms with E-state index in [1.165, 1.54) is 5.56 Å². The van der Waals surface area contributed by atoms with Gasteiger partial charge in [0.05, 0.1) is 13.2 Å². The molecule has 0 heterocycles. The molecule has 0 saturated carbocycles. The van der Waals surface area contributed by atoms with Crippen molar-refractivity contribution in [1.82, 2.24) is 5.32 Å². The lowest BCUT2D eigenvalue weighted by molar-refractivity contribution is 0.415. The first-order chi connectivity index (χ1) is 9.69. The van der Waals surface area contributed by atoms with Gasteiger partial charge in [-0.2, -0.15) is 0 Å². The predicted octanol–water partition coefficient (Wildman–Crippen LogP) is 3.74. The SMILES string of the molecule is COc1ccc(NC(=S)N[C@@H](C)c2ccccc2)cc1. The molecule has 4 heteroatoms. The van der Waals surface area contributed by atoms with Crippen molar-refractivity contribution in [3.63, 3.8) is 0 Å². The van der Waals surface area contributed by atoms with Crippen molar-refractivity contribution in [2.75, 3.05) is 12.4 Å². The fraction of sp³-hybridized carbons (Fsp3) is 0.188. The lowest BCUT2D eigenvalue weighted by Gasteiger charge is -2.17. The van der Waals surface area contributed by atoms with Crippen LogP contribution in [0.15, 0.2) is 54.6 Å². The van der Waals surface area contributed by atoms with Gasteiger partial charge in [0.25, 0.3) is 0 Å². The van der Waals surface area contributed by atoms with Gasteiger partial charge in [-0.3, -0.25) is 0 Å². The molecule has 0 aliphatic rings. The first-order valence-corrected chi connectivity index (χ1v) is 6.86. The summed E-state index contributed by atoms with van der Waals surface area (Å²) in [4.78, 5) is 0. The quantitative estimate of drug-likeness (QED) is 0.839. The maximum absolute atomic E-state index is 5.32. The van der Waals surface area contributed by atoms with Gasteiger partial charge in [0, 0.05) is 5.69 Å². The Morgan fingerprint density at radius 3 is 2.30 bits per heavy atom. The van der Waals surface area contributed by atoms with E-state index in [0.717, 1.165) is 11.4 Å². The first-order valence-electron chi connectivity index (χ1n) is 6.45. The molecule has 0 bridgehead atoms. The molecular formula is C16H18N2OS. The zero-order chi connectivity index (χ0) is 14.4. The molecule has 0 radical (unpaired) electrons. The molecule has 1 atom stereocenters. The minimum absolute atomic E-state index is 0.162. The summed E-state index contributed by atoms with van der Waals surface area (Å²) in [5.74, 6) is 0.826. The van der Waals surface area contributed by atoms with Gasteiger partial charge < -0.3 is 15.4 Å². The Bertz CT molecular complexity index is 554. The molecule has 0 aromatic heterocycles. The summed E-state index contributed by atoms with van der Waals surface area (Å²) in [6.45, 7) is 2.08. The first kappa shape index (κ1) is 14.3. The number of benzene rings is 2. The Hall–Kier alpha value is -2.07. The van der Waals surface area contributed by atoms with Crippen molar-refractivity contribution in [2.45, 2.75) is 13.0 Å². The van der Waals surface area contributed by atoms with E-state index in [1.807, 2.05) is 42.5 Å². The molecular weight excluding hydrogens is 268 g/mol. The van der Waals surface area contributed by atoms with Crippen LogP contribution in [-0.2, 0) is 0 Å². The van der Waals surface area contributed by atoms with Gasteiger partial charge in [0.15, 0.2) is 5.11 Å². The summed E-state index contributed by atoms with van der Waals surface area (Å²) in [5.41, 5.74) is 2.13. The maximum atomic E-state index is 5.32. The molecule has 0 aliphatic heterocycles. The molecule has 2 aromatic rings. The van der Waals surface area contributed by atoms with Gasteiger partial charge in [-0.1, -0.05) is 30.3 Å². The van der Waals surface area contributed by atoms with Gasteiger partial charge in [-0.15, -0.1) is 0 Å². The van der Waals surface area contributed by atoms with Crippen LogP contribution in [0.25, 0.3) is 0 Å². The van der Waals surface area contributed by atoms with Crippen molar-refractivity contribution in [3.05, 3.63) is 60.2 Å². The van der Waals surface area contributed by atoms with Crippen LogP contribution in [0.5, 0.6) is 5.75 Å². The molecule has 3 nitrogen and oxygen atoms in total. The summed E-state index contributed by atoms with van der Waals surface area (Å²) in [6.07, 6.45) is 0. The number of nitrogens with one attached hydrogen (secondary N) is 2. The second-order valence-corrected chi connectivity index (χ2v) is 4.87. The van der Waals surface area contributed by atoms with Crippen LogP contribution in [-0.4, -0.2) is 12.2 Å². The molecule has 0 aliphatic carbocycles. The highest BCUT2D eigenvalue weighted by atomic mass is 32.1. The van der Waals surface area contributed by atoms with Gasteiger partial charge >= 0.3 is 0 Å². The number of anilines is 1. The van der Waals surface area contributed by atoms with E-state index in [-0.39, 0.29) is 6.04 Å². The minimum Gasteiger partial charge on any atom is -0.497 e. The smallest absolute Gasteiger partial charge is 0.171 e. The van der Waals surface area contributed by atoms with Crippen molar-refractivity contribution in [3.8, 4) is 5.75 Å². The van der Waals surface area contributed by atoms with Crippen LogP contribution in [0.2, 0.25) is 0 Å². The molecule has 2 aromatic carbocycles. The molecule has 0 amide bonds. The highest BCUT2D eigenvalue weighted by Gasteiger charge is 2.06. The van der Waals surface area contributed by atoms with E-state index in [1.54, 1.807) is 7.11 Å².